The zero-order valence-electron chi connectivity index (χ0n) is 12.7. The summed E-state index contributed by atoms with van der Waals surface area (Å²) in [7, 11) is 0. The van der Waals surface area contributed by atoms with Gasteiger partial charge in [0.1, 0.15) is 0 Å². The second-order valence-electron chi connectivity index (χ2n) is 6.61. The first-order valence-corrected chi connectivity index (χ1v) is 8.20. The molecule has 1 saturated carbocycles. The molecular weight excluding hydrogens is 236 g/mol. The molecule has 1 atom stereocenters. The summed E-state index contributed by atoms with van der Waals surface area (Å²) < 4.78 is 0. The number of carbonyl (C=O) groups excluding carboxylic acids is 1. The normalized spacial score (nSPS) is 29.6. The van der Waals surface area contributed by atoms with Crippen molar-refractivity contribution < 1.29 is 4.79 Å². The standard InChI is InChI=1S/C16H30N2O/c1-3-8-16(11-7-12-18-16)14(19)17-13-15(4-2)9-5-6-10-15/h18H,3-13H2,1-2H3,(H,17,19). The van der Waals surface area contributed by atoms with Crippen molar-refractivity contribution in [3.63, 3.8) is 0 Å². The van der Waals surface area contributed by atoms with Crippen molar-refractivity contribution >= 4 is 5.91 Å². The van der Waals surface area contributed by atoms with Crippen LogP contribution >= 0.6 is 0 Å². The summed E-state index contributed by atoms with van der Waals surface area (Å²) >= 11 is 0. The summed E-state index contributed by atoms with van der Waals surface area (Å²) in [6, 6.07) is 0. The van der Waals surface area contributed by atoms with Crippen LogP contribution in [0.25, 0.3) is 0 Å². The summed E-state index contributed by atoms with van der Waals surface area (Å²) in [5, 5.41) is 6.75. The maximum atomic E-state index is 12.6. The molecule has 1 aliphatic heterocycles. The fraction of sp³-hybridized carbons (Fsp3) is 0.938. The van der Waals surface area contributed by atoms with Crippen molar-refractivity contribution in [3.05, 3.63) is 0 Å². The predicted molar refractivity (Wildman–Crippen MR) is 79.1 cm³/mol. The molecule has 2 N–H and O–H groups in total. The first-order chi connectivity index (χ1) is 9.16. The Morgan fingerprint density at radius 2 is 1.89 bits per heavy atom. The van der Waals surface area contributed by atoms with Gasteiger partial charge in [0.15, 0.2) is 0 Å². The van der Waals surface area contributed by atoms with E-state index in [0.29, 0.717) is 5.41 Å². The van der Waals surface area contributed by atoms with E-state index in [1.165, 1.54) is 32.1 Å². The van der Waals surface area contributed by atoms with Crippen LogP contribution in [0.5, 0.6) is 0 Å². The van der Waals surface area contributed by atoms with E-state index in [9.17, 15) is 4.79 Å². The van der Waals surface area contributed by atoms with Crippen LogP contribution in [0.3, 0.4) is 0 Å². The van der Waals surface area contributed by atoms with Crippen molar-refractivity contribution in [1.29, 1.82) is 0 Å². The van der Waals surface area contributed by atoms with Gasteiger partial charge in [-0.3, -0.25) is 4.79 Å². The van der Waals surface area contributed by atoms with Gasteiger partial charge in [-0.15, -0.1) is 0 Å². The van der Waals surface area contributed by atoms with Crippen molar-refractivity contribution in [2.45, 2.75) is 77.2 Å². The van der Waals surface area contributed by atoms with Gasteiger partial charge in [-0.25, -0.2) is 0 Å². The average Bonchev–Trinajstić information content (AvgIpc) is 3.07. The van der Waals surface area contributed by atoms with E-state index in [1.54, 1.807) is 0 Å². The third kappa shape index (κ3) is 3.13. The largest absolute Gasteiger partial charge is 0.354 e. The van der Waals surface area contributed by atoms with Crippen LogP contribution in [0.2, 0.25) is 0 Å². The van der Waals surface area contributed by atoms with E-state index >= 15 is 0 Å². The topological polar surface area (TPSA) is 41.1 Å². The lowest BCUT2D eigenvalue weighted by molar-refractivity contribution is -0.128. The second-order valence-corrected chi connectivity index (χ2v) is 6.61. The molecule has 0 bridgehead atoms. The number of hydrogen-bond donors (Lipinski definition) is 2. The quantitative estimate of drug-likeness (QED) is 0.776. The Morgan fingerprint density at radius 1 is 1.16 bits per heavy atom. The summed E-state index contributed by atoms with van der Waals surface area (Å²) in [5.74, 6) is 0.256. The van der Waals surface area contributed by atoms with Crippen LogP contribution in [0.1, 0.15) is 71.6 Å². The first kappa shape index (κ1) is 14.8. The lowest BCUT2D eigenvalue weighted by Crippen LogP contribution is -2.55. The molecule has 0 radical (unpaired) electrons. The highest BCUT2D eigenvalue weighted by atomic mass is 16.2. The van der Waals surface area contributed by atoms with Gasteiger partial charge < -0.3 is 10.6 Å². The van der Waals surface area contributed by atoms with Gasteiger partial charge in [-0.2, -0.15) is 0 Å². The average molecular weight is 266 g/mol. The van der Waals surface area contributed by atoms with Crippen LogP contribution < -0.4 is 10.6 Å². The molecule has 0 aromatic carbocycles. The Morgan fingerprint density at radius 3 is 2.42 bits per heavy atom. The van der Waals surface area contributed by atoms with Gasteiger partial charge in [0.2, 0.25) is 5.91 Å². The molecule has 1 aliphatic carbocycles. The minimum atomic E-state index is -0.262. The molecule has 0 spiro atoms. The highest BCUT2D eigenvalue weighted by molar-refractivity contribution is 5.86. The van der Waals surface area contributed by atoms with Crippen LogP contribution in [-0.2, 0) is 4.79 Å². The minimum absolute atomic E-state index is 0.256. The number of hydrogen-bond acceptors (Lipinski definition) is 2. The summed E-state index contributed by atoms with van der Waals surface area (Å²) in [6.07, 6.45) is 10.6. The molecule has 3 heteroatoms. The molecule has 0 aromatic rings. The molecule has 1 amide bonds. The molecule has 1 heterocycles. The molecule has 2 aliphatic rings. The van der Waals surface area contributed by atoms with Crippen LogP contribution in [0, 0.1) is 5.41 Å². The smallest absolute Gasteiger partial charge is 0.240 e. The Balaban J connectivity index is 1.92. The maximum Gasteiger partial charge on any atom is 0.240 e. The van der Waals surface area contributed by atoms with E-state index in [1.807, 2.05) is 0 Å². The van der Waals surface area contributed by atoms with Gasteiger partial charge in [-0.1, -0.05) is 33.1 Å². The molecule has 110 valence electrons. The maximum absolute atomic E-state index is 12.6. The lowest BCUT2D eigenvalue weighted by Gasteiger charge is -2.32. The van der Waals surface area contributed by atoms with Gasteiger partial charge in [-0.05, 0) is 50.5 Å². The molecule has 3 nitrogen and oxygen atoms in total. The van der Waals surface area contributed by atoms with Crippen molar-refractivity contribution in [3.8, 4) is 0 Å². The van der Waals surface area contributed by atoms with Gasteiger partial charge >= 0.3 is 0 Å². The molecule has 1 unspecified atom stereocenters. The zero-order valence-corrected chi connectivity index (χ0v) is 12.7. The van der Waals surface area contributed by atoms with E-state index in [-0.39, 0.29) is 11.4 Å². The molecular formula is C16H30N2O. The summed E-state index contributed by atoms with van der Waals surface area (Å²) in [4.78, 5) is 12.6. The Hall–Kier alpha value is -0.570. The predicted octanol–water partition coefficient (Wildman–Crippen LogP) is 3.00. The SMILES string of the molecule is CCCC1(C(=O)NCC2(CC)CCCC2)CCCN1. The fourth-order valence-corrected chi connectivity index (χ4v) is 3.97. The highest BCUT2D eigenvalue weighted by Gasteiger charge is 2.41. The Bertz CT molecular complexity index is 302. The molecule has 2 rings (SSSR count). The van der Waals surface area contributed by atoms with Gasteiger partial charge in [0, 0.05) is 6.54 Å². The molecule has 19 heavy (non-hydrogen) atoms. The number of carbonyl (C=O) groups is 1. The fourth-order valence-electron chi connectivity index (χ4n) is 3.97. The van der Waals surface area contributed by atoms with E-state index < -0.39 is 0 Å². The Kier molecular flexibility index (Phi) is 4.88. The minimum Gasteiger partial charge on any atom is -0.354 e. The summed E-state index contributed by atoms with van der Waals surface area (Å²) in [6.45, 7) is 6.31. The highest BCUT2D eigenvalue weighted by Crippen LogP contribution is 2.40. The van der Waals surface area contributed by atoms with E-state index in [4.69, 9.17) is 0 Å². The second kappa shape index (κ2) is 6.25. The van der Waals surface area contributed by atoms with Crippen molar-refractivity contribution in [2.24, 2.45) is 5.41 Å². The van der Waals surface area contributed by atoms with Gasteiger partial charge in [0.25, 0.3) is 0 Å². The Labute approximate surface area is 117 Å². The van der Waals surface area contributed by atoms with Crippen LogP contribution in [0.4, 0.5) is 0 Å². The zero-order chi connectivity index (χ0) is 13.8. The lowest BCUT2D eigenvalue weighted by atomic mass is 9.82. The summed E-state index contributed by atoms with van der Waals surface area (Å²) in [5.41, 5.74) is 0.129. The number of rotatable bonds is 6. The van der Waals surface area contributed by atoms with E-state index in [2.05, 4.69) is 24.5 Å². The monoisotopic (exact) mass is 266 g/mol. The third-order valence-corrected chi connectivity index (χ3v) is 5.39. The van der Waals surface area contributed by atoms with E-state index in [0.717, 1.165) is 38.8 Å². The van der Waals surface area contributed by atoms with Crippen LogP contribution in [0.15, 0.2) is 0 Å². The van der Waals surface area contributed by atoms with Crippen LogP contribution in [-0.4, -0.2) is 24.5 Å². The first-order valence-electron chi connectivity index (χ1n) is 8.20. The van der Waals surface area contributed by atoms with Crippen molar-refractivity contribution in [1.82, 2.24) is 10.6 Å². The molecule has 2 fully saturated rings. The molecule has 1 saturated heterocycles. The van der Waals surface area contributed by atoms with Crippen molar-refractivity contribution in [2.75, 3.05) is 13.1 Å². The molecule has 0 aromatic heterocycles. The third-order valence-electron chi connectivity index (χ3n) is 5.39. The van der Waals surface area contributed by atoms with Gasteiger partial charge in [0.05, 0.1) is 5.54 Å². The number of nitrogens with one attached hydrogen (secondary N) is 2. The number of amides is 1.